The molecule has 0 atom stereocenters. The van der Waals surface area contributed by atoms with E-state index in [1.807, 2.05) is 0 Å². The molecule has 7 heteroatoms. The van der Waals surface area contributed by atoms with E-state index in [2.05, 4.69) is 11.2 Å². The van der Waals surface area contributed by atoms with Gasteiger partial charge in [-0.05, 0) is 37.6 Å². The maximum absolute atomic E-state index is 13.0. The number of benzene rings is 2. The molecule has 24 heavy (non-hydrogen) atoms. The van der Waals surface area contributed by atoms with Gasteiger partial charge in [-0.1, -0.05) is 29.3 Å². The Kier molecular flexibility index (Phi) is 4.26. The first kappa shape index (κ1) is 17.1. The minimum absolute atomic E-state index is 0.256. The lowest BCUT2D eigenvalue weighted by Gasteiger charge is -2.11. The second kappa shape index (κ2) is 5.97. The van der Waals surface area contributed by atoms with Crippen LogP contribution >= 0.6 is 23.2 Å². The van der Waals surface area contributed by atoms with Crippen LogP contribution in [-0.2, 0) is 12.7 Å². The Morgan fingerprint density at radius 1 is 1.21 bits per heavy atom. The molecule has 2 nitrogen and oxygen atoms in total. The van der Waals surface area contributed by atoms with Crippen molar-refractivity contribution in [3.05, 3.63) is 62.8 Å². The monoisotopic (exact) mass is 371 g/mol. The molecular weight excluding hydrogens is 360 g/mol. The molecule has 2 aromatic carbocycles. The first-order valence-electron chi connectivity index (χ1n) is 7.08. The van der Waals surface area contributed by atoms with Gasteiger partial charge >= 0.3 is 6.18 Å². The third-order valence-corrected chi connectivity index (χ3v) is 4.54. The van der Waals surface area contributed by atoms with Gasteiger partial charge in [0.2, 0.25) is 0 Å². The summed E-state index contributed by atoms with van der Waals surface area (Å²) in [6.45, 7) is 3.57. The lowest BCUT2D eigenvalue weighted by Crippen LogP contribution is -2.07. The number of fused-ring (bicyclic) bond motifs is 1. The number of halogens is 5. The summed E-state index contributed by atoms with van der Waals surface area (Å²) in [4.78, 5) is 0. The van der Waals surface area contributed by atoms with Crippen molar-refractivity contribution in [3.63, 3.8) is 0 Å². The third-order valence-electron chi connectivity index (χ3n) is 3.85. The summed E-state index contributed by atoms with van der Waals surface area (Å²) in [5.41, 5.74) is 1.60. The summed E-state index contributed by atoms with van der Waals surface area (Å²) < 4.78 is 40.7. The van der Waals surface area contributed by atoms with Gasteiger partial charge in [0.1, 0.15) is 0 Å². The van der Waals surface area contributed by atoms with Crippen LogP contribution in [0.1, 0.15) is 22.4 Å². The van der Waals surface area contributed by atoms with Crippen LogP contribution in [0.15, 0.2) is 24.3 Å². The van der Waals surface area contributed by atoms with Crippen molar-refractivity contribution in [2.75, 3.05) is 0 Å². The Morgan fingerprint density at radius 3 is 2.54 bits per heavy atom. The molecule has 0 saturated carbocycles. The van der Waals surface area contributed by atoms with Gasteiger partial charge in [0, 0.05) is 22.0 Å². The maximum Gasteiger partial charge on any atom is 0.416 e. The summed E-state index contributed by atoms with van der Waals surface area (Å²) in [7, 11) is 0. The van der Waals surface area contributed by atoms with Crippen LogP contribution in [0.2, 0.25) is 10.0 Å². The van der Waals surface area contributed by atoms with Crippen molar-refractivity contribution in [1.29, 1.82) is 0 Å². The topological polar surface area (TPSA) is 17.8 Å². The van der Waals surface area contributed by atoms with Crippen molar-refractivity contribution in [3.8, 4) is 0 Å². The molecule has 0 amide bonds. The molecule has 0 bridgehead atoms. The minimum atomic E-state index is -4.39. The molecule has 0 aliphatic carbocycles. The van der Waals surface area contributed by atoms with E-state index in [-0.39, 0.29) is 6.54 Å². The van der Waals surface area contributed by atoms with Crippen LogP contribution < -0.4 is 0 Å². The van der Waals surface area contributed by atoms with Crippen molar-refractivity contribution in [2.24, 2.45) is 0 Å². The van der Waals surface area contributed by atoms with E-state index in [4.69, 9.17) is 23.2 Å². The second-order valence-electron chi connectivity index (χ2n) is 5.55. The molecule has 0 aliphatic heterocycles. The van der Waals surface area contributed by atoms with E-state index in [0.717, 1.165) is 12.1 Å². The average Bonchev–Trinajstić information content (AvgIpc) is 2.79. The van der Waals surface area contributed by atoms with E-state index in [9.17, 15) is 13.2 Å². The molecule has 1 aromatic heterocycles. The number of hydrogen-bond acceptors (Lipinski definition) is 1. The number of alkyl halides is 3. The summed E-state index contributed by atoms with van der Waals surface area (Å²) in [5.74, 6) is 0. The van der Waals surface area contributed by atoms with Crippen LogP contribution in [0, 0.1) is 19.9 Å². The third kappa shape index (κ3) is 2.98. The molecule has 1 heterocycles. The first-order valence-corrected chi connectivity index (χ1v) is 7.83. The van der Waals surface area contributed by atoms with Crippen LogP contribution in [0.5, 0.6) is 0 Å². The highest BCUT2D eigenvalue weighted by Gasteiger charge is 2.31. The second-order valence-corrected chi connectivity index (χ2v) is 6.33. The van der Waals surface area contributed by atoms with Gasteiger partial charge in [-0.3, -0.25) is 4.68 Å². The van der Waals surface area contributed by atoms with Crippen LogP contribution in [0.3, 0.4) is 0 Å². The molecule has 0 N–H and O–H groups in total. The lowest BCUT2D eigenvalue weighted by molar-refractivity contribution is -0.137. The highest BCUT2D eigenvalue weighted by Crippen LogP contribution is 2.35. The summed E-state index contributed by atoms with van der Waals surface area (Å²) in [6, 6.07) is 8.38. The predicted molar refractivity (Wildman–Crippen MR) is 88.6 cm³/mol. The molecule has 1 radical (unpaired) electrons. The zero-order chi connectivity index (χ0) is 17.6. The van der Waals surface area contributed by atoms with Gasteiger partial charge in [-0.2, -0.15) is 18.3 Å². The maximum atomic E-state index is 13.0. The standard InChI is InChI=1S/C17H12Cl2F3N2/c1-9-6-11(17(20,21)22)7-12-10(2)23-24(16(9)12)8-13-14(18)4-3-5-15(13)19/h3-4,6-7H,8H2,1-2H3. The van der Waals surface area contributed by atoms with Crippen molar-refractivity contribution in [2.45, 2.75) is 26.6 Å². The smallest absolute Gasteiger partial charge is 0.260 e. The fourth-order valence-corrected chi connectivity index (χ4v) is 3.23. The highest BCUT2D eigenvalue weighted by atomic mass is 35.5. The van der Waals surface area contributed by atoms with Gasteiger partial charge in [-0.15, -0.1) is 0 Å². The van der Waals surface area contributed by atoms with E-state index >= 15 is 0 Å². The van der Waals surface area contributed by atoms with E-state index in [0.29, 0.717) is 37.8 Å². The van der Waals surface area contributed by atoms with Crippen LogP contribution in [-0.4, -0.2) is 9.78 Å². The number of nitrogens with zero attached hydrogens (tertiary/aromatic N) is 2. The highest BCUT2D eigenvalue weighted by molar-refractivity contribution is 6.35. The molecule has 0 fully saturated rings. The Balaban J connectivity index is 2.17. The number of hydrogen-bond donors (Lipinski definition) is 0. The lowest BCUT2D eigenvalue weighted by atomic mass is 10.1. The molecule has 125 valence electrons. The molecule has 3 aromatic rings. The first-order chi connectivity index (χ1) is 11.2. The van der Waals surface area contributed by atoms with E-state index in [1.165, 1.54) is 0 Å². The Hall–Kier alpha value is -1.72. The van der Waals surface area contributed by atoms with Gasteiger partial charge in [0.25, 0.3) is 0 Å². The fourth-order valence-electron chi connectivity index (χ4n) is 2.74. The quantitative estimate of drug-likeness (QED) is 0.554. The van der Waals surface area contributed by atoms with Gasteiger partial charge in [-0.25, -0.2) is 0 Å². The largest absolute Gasteiger partial charge is 0.416 e. The summed E-state index contributed by atoms with van der Waals surface area (Å²) in [6.07, 6.45) is -4.39. The normalized spacial score (nSPS) is 12.1. The SMILES string of the molecule is Cc1nn(Cc2c(Cl)[c]ccc2Cl)c2c(C)cc(C(F)(F)F)cc12. The fraction of sp³-hybridized carbons (Fsp3) is 0.235. The van der Waals surface area contributed by atoms with E-state index in [1.54, 1.807) is 30.7 Å². The minimum Gasteiger partial charge on any atom is -0.260 e. The van der Waals surface area contributed by atoms with Crippen LogP contribution in [0.4, 0.5) is 13.2 Å². The zero-order valence-electron chi connectivity index (χ0n) is 12.8. The van der Waals surface area contributed by atoms with Gasteiger partial charge in [0.05, 0.1) is 28.3 Å². The van der Waals surface area contributed by atoms with Crippen molar-refractivity contribution >= 4 is 34.1 Å². The Morgan fingerprint density at radius 2 is 1.92 bits per heavy atom. The Bertz CT molecular complexity index is 909. The molecule has 0 spiro atoms. The molecule has 3 rings (SSSR count). The Labute approximate surface area is 146 Å². The van der Waals surface area contributed by atoms with Crippen molar-refractivity contribution < 1.29 is 13.2 Å². The molecule has 0 unspecified atom stereocenters. The molecule has 0 saturated heterocycles. The van der Waals surface area contributed by atoms with Crippen LogP contribution in [0.25, 0.3) is 10.9 Å². The molecule has 0 aliphatic rings. The number of aryl methyl sites for hydroxylation is 2. The average molecular weight is 372 g/mol. The number of aromatic nitrogens is 2. The zero-order valence-corrected chi connectivity index (χ0v) is 14.3. The van der Waals surface area contributed by atoms with E-state index < -0.39 is 11.7 Å². The summed E-state index contributed by atoms with van der Waals surface area (Å²) >= 11 is 12.3. The number of rotatable bonds is 2. The molecular formula is C17H12Cl2F3N2. The van der Waals surface area contributed by atoms with Gasteiger partial charge < -0.3 is 0 Å². The van der Waals surface area contributed by atoms with Crippen molar-refractivity contribution in [1.82, 2.24) is 9.78 Å². The van der Waals surface area contributed by atoms with Gasteiger partial charge in [0.15, 0.2) is 0 Å². The summed E-state index contributed by atoms with van der Waals surface area (Å²) in [5, 5.41) is 5.67. The predicted octanol–water partition coefficient (Wildman–Crippen LogP) is 5.83.